The van der Waals surface area contributed by atoms with Crippen molar-refractivity contribution in [2.45, 2.75) is 19.9 Å². The molecule has 0 unspecified atom stereocenters. The van der Waals surface area contributed by atoms with E-state index in [1.807, 2.05) is 19.1 Å². The number of aromatic nitrogens is 1. The second kappa shape index (κ2) is 8.14. The third kappa shape index (κ3) is 5.47. The zero-order valence-electron chi connectivity index (χ0n) is 12.2. The fraction of sp³-hybridized carbons (Fsp3) is 0.333. The zero-order valence-corrected chi connectivity index (χ0v) is 14.6. The molecule has 0 aliphatic heterocycles. The molecule has 4 nitrogen and oxygen atoms in total. The predicted octanol–water partition coefficient (Wildman–Crippen LogP) is 3.12. The smallest absolute Gasteiger partial charge is 0.191 e. The van der Waals surface area contributed by atoms with Gasteiger partial charge in [-0.1, -0.05) is 28.1 Å². The molecule has 0 radical (unpaired) electrons. The molecule has 2 aromatic rings. The summed E-state index contributed by atoms with van der Waals surface area (Å²) in [6.45, 7) is 3.60. The minimum atomic E-state index is 0.753. The van der Waals surface area contributed by atoms with Crippen LogP contribution in [0.3, 0.4) is 0 Å². The van der Waals surface area contributed by atoms with Crippen LogP contribution in [0.15, 0.2) is 39.1 Å². The Bertz CT molecular complexity index is 592. The van der Waals surface area contributed by atoms with Crippen molar-refractivity contribution in [3.05, 3.63) is 50.4 Å². The number of nitrogens with one attached hydrogen (secondary N) is 2. The zero-order chi connectivity index (χ0) is 15.1. The van der Waals surface area contributed by atoms with E-state index < -0.39 is 0 Å². The number of guanidine groups is 1. The molecule has 6 heteroatoms. The summed E-state index contributed by atoms with van der Waals surface area (Å²) in [6, 6.07) is 8.25. The van der Waals surface area contributed by atoms with Gasteiger partial charge >= 0.3 is 0 Å². The maximum absolute atomic E-state index is 4.45. The summed E-state index contributed by atoms with van der Waals surface area (Å²) in [4.78, 5) is 8.67. The Kier molecular flexibility index (Phi) is 6.20. The van der Waals surface area contributed by atoms with E-state index in [9.17, 15) is 0 Å². The molecule has 0 atom stereocenters. The van der Waals surface area contributed by atoms with Gasteiger partial charge in [-0.2, -0.15) is 0 Å². The van der Waals surface area contributed by atoms with Crippen LogP contribution in [0.4, 0.5) is 0 Å². The van der Waals surface area contributed by atoms with Crippen LogP contribution in [0.5, 0.6) is 0 Å². The lowest BCUT2D eigenvalue weighted by molar-refractivity contribution is 0.786. The molecule has 0 aliphatic rings. The molecule has 1 heterocycles. The van der Waals surface area contributed by atoms with E-state index in [2.05, 4.69) is 54.1 Å². The van der Waals surface area contributed by atoms with E-state index in [0.717, 1.165) is 40.6 Å². The number of rotatable bonds is 5. The number of hydrogen-bond acceptors (Lipinski definition) is 3. The number of hydrogen-bond donors (Lipinski definition) is 2. The summed E-state index contributed by atoms with van der Waals surface area (Å²) in [5.41, 5.74) is 2.35. The van der Waals surface area contributed by atoms with Crippen LogP contribution in [0, 0.1) is 6.92 Å². The summed E-state index contributed by atoms with van der Waals surface area (Å²) in [7, 11) is 1.78. The van der Waals surface area contributed by atoms with Crippen molar-refractivity contribution in [1.29, 1.82) is 0 Å². The van der Waals surface area contributed by atoms with E-state index in [-0.39, 0.29) is 0 Å². The van der Waals surface area contributed by atoms with Gasteiger partial charge in [0.2, 0.25) is 0 Å². The molecule has 2 N–H and O–H groups in total. The molecule has 0 saturated heterocycles. The quantitative estimate of drug-likeness (QED) is 0.631. The third-order valence-corrected chi connectivity index (χ3v) is 4.29. The number of aryl methyl sites for hydroxylation is 1. The number of benzene rings is 1. The lowest BCUT2D eigenvalue weighted by atomic mass is 10.2. The Balaban J connectivity index is 1.74. The average molecular weight is 367 g/mol. The van der Waals surface area contributed by atoms with E-state index in [0.29, 0.717) is 0 Å². The van der Waals surface area contributed by atoms with Crippen molar-refractivity contribution in [2.24, 2.45) is 4.99 Å². The SMILES string of the molecule is CN=C(NCCc1csc(C)n1)NCc1ccc(Br)cc1. The van der Waals surface area contributed by atoms with Crippen LogP contribution < -0.4 is 10.6 Å². The second-order valence-electron chi connectivity index (χ2n) is 4.59. The highest BCUT2D eigenvalue weighted by molar-refractivity contribution is 9.10. The molecule has 1 aromatic heterocycles. The van der Waals surface area contributed by atoms with Crippen molar-refractivity contribution in [2.75, 3.05) is 13.6 Å². The summed E-state index contributed by atoms with van der Waals surface area (Å²) in [6.07, 6.45) is 0.906. The number of nitrogens with zero attached hydrogens (tertiary/aromatic N) is 2. The van der Waals surface area contributed by atoms with E-state index in [1.165, 1.54) is 5.56 Å². The van der Waals surface area contributed by atoms with Gasteiger partial charge in [-0.3, -0.25) is 4.99 Å². The highest BCUT2D eigenvalue weighted by atomic mass is 79.9. The van der Waals surface area contributed by atoms with Gasteiger partial charge in [-0.15, -0.1) is 11.3 Å². The first-order chi connectivity index (χ1) is 10.2. The number of halogens is 1. The van der Waals surface area contributed by atoms with Gasteiger partial charge in [0.15, 0.2) is 5.96 Å². The molecule has 2 rings (SSSR count). The molecule has 0 aliphatic carbocycles. The number of thiazole rings is 1. The van der Waals surface area contributed by atoms with Crippen molar-refractivity contribution in [3.8, 4) is 0 Å². The van der Waals surface area contributed by atoms with E-state index >= 15 is 0 Å². The Labute approximate surface area is 137 Å². The normalized spacial score (nSPS) is 11.5. The minimum absolute atomic E-state index is 0.753. The van der Waals surface area contributed by atoms with Crippen LogP contribution >= 0.6 is 27.3 Å². The largest absolute Gasteiger partial charge is 0.356 e. The van der Waals surface area contributed by atoms with Gasteiger partial charge in [-0.05, 0) is 24.6 Å². The first-order valence-electron chi connectivity index (χ1n) is 6.77. The summed E-state index contributed by atoms with van der Waals surface area (Å²) in [5.74, 6) is 0.810. The Hall–Kier alpha value is -1.40. The van der Waals surface area contributed by atoms with Crippen molar-refractivity contribution in [1.82, 2.24) is 15.6 Å². The molecule has 21 heavy (non-hydrogen) atoms. The molecule has 0 bridgehead atoms. The van der Waals surface area contributed by atoms with Crippen molar-refractivity contribution < 1.29 is 0 Å². The van der Waals surface area contributed by atoms with Crippen LogP contribution in [0.25, 0.3) is 0 Å². The first-order valence-corrected chi connectivity index (χ1v) is 8.44. The lowest BCUT2D eigenvalue weighted by Gasteiger charge is -2.11. The maximum atomic E-state index is 4.45. The van der Waals surface area contributed by atoms with Gasteiger partial charge in [0, 0.05) is 36.4 Å². The molecule has 0 fully saturated rings. The van der Waals surface area contributed by atoms with Crippen molar-refractivity contribution in [3.63, 3.8) is 0 Å². The van der Waals surface area contributed by atoms with E-state index in [4.69, 9.17) is 0 Å². The predicted molar refractivity (Wildman–Crippen MR) is 92.9 cm³/mol. The first kappa shape index (κ1) is 16.0. The Morgan fingerprint density at radius 3 is 2.67 bits per heavy atom. The third-order valence-electron chi connectivity index (χ3n) is 2.94. The average Bonchev–Trinajstić information content (AvgIpc) is 2.90. The molecule has 1 aromatic carbocycles. The molecular formula is C15H19BrN4S. The molecule has 0 saturated carbocycles. The van der Waals surface area contributed by atoms with Gasteiger partial charge < -0.3 is 10.6 Å². The minimum Gasteiger partial charge on any atom is -0.356 e. The van der Waals surface area contributed by atoms with Gasteiger partial charge in [-0.25, -0.2) is 4.98 Å². The summed E-state index contributed by atoms with van der Waals surface area (Å²) < 4.78 is 1.09. The second-order valence-corrected chi connectivity index (χ2v) is 6.56. The summed E-state index contributed by atoms with van der Waals surface area (Å²) in [5, 5.41) is 9.83. The van der Waals surface area contributed by atoms with Gasteiger partial charge in [0.25, 0.3) is 0 Å². The van der Waals surface area contributed by atoms with Crippen LogP contribution in [-0.2, 0) is 13.0 Å². The number of aliphatic imine (C=N–C) groups is 1. The Morgan fingerprint density at radius 2 is 2.05 bits per heavy atom. The Morgan fingerprint density at radius 1 is 1.29 bits per heavy atom. The molecule has 112 valence electrons. The molecule has 0 spiro atoms. The van der Waals surface area contributed by atoms with Crippen LogP contribution in [-0.4, -0.2) is 24.5 Å². The fourth-order valence-corrected chi connectivity index (χ4v) is 2.75. The standard InChI is InChI=1S/C15H19BrN4S/c1-11-20-14(10-21-11)7-8-18-15(17-2)19-9-12-3-5-13(16)6-4-12/h3-6,10H,7-9H2,1-2H3,(H2,17,18,19). The topological polar surface area (TPSA) is 49.3 Å². The monoisotopic (exact) mass is 366 g/mol. The molecular weight excluding hydrogens is 348 g/mol. The lowest BCUT2D eigenvalue weighted by Crippen LogP contribution is -2.37. The molecule has 0 amide bonds. The van der Waals surface area contributed by atoms with E-state index in [1.54, 1.807) is 18.4 Å². The van der Waals surface area contributed by atoms with Gasteiger partial charge in [0.1, 0.15) is 0 Å². The summed E-state index contributed by atoms with van der Waals surface area (Å²) >= 11 is 5.12. The van der Waals surface area contributed by atoms with Crippen LogP contribution in [0.1, 0.15) is 16.3 Å². The highest BCUT2D eigenvalue weighted by Gasteiger charge is 2.01. The van der Waals surface area contributed by atoms with Crippen molar-refractivity contribution >= 4 is 33.2 Å². The highest BCUT2D eigenvalue weighted by Crippen LogP contribution is 2.10. The van der Waals surface area contributed by atoms with Gasteiger partial charge in [0.05, 0.1) is 10.7 Å². The van der Waals surface area contributed by atoms with Crippen LogP contribution in [0.2, 0.25) is 0 Å². The fourth-order valence-electron chi connectivity index (χ4n) is 1.84. The maximum Gasteiger partial charge on any atom is 0.191 e.